The van der Waals surface area contributed by atoms with E-state index in [0.717, 1.165) is 0 Å². The first-order valence-corrected chi connectivity index (χ1v) is 5.00. The molecule has 0 aliphatic rings. The fraction of sp³-hybridized carbons (Fsp3) is 0.600. The van der Waals surface area contributed by atoms with E-state index in [-0.39, 0.29) is 12.1 Å². The lowest BCUT2D eigenvalue weighted by Gasteiger charge is -2.23. The third kappa shape index (κ3) is 3.06. The summed E-state index contributed by atoms with van der Waals surface area (Å²) in [6, 6.07) is 1.08. The highest BCUT2D eigenvalue weighted by molar-refractivity contribution is 5.74. The van der Waals surface area contributed by atoms with Crippen molar-refractivity contribution in [1.29, 1.82) is 0 Å². The highest BCUT2D eigenvalue weighted by Gasteiger charge is 2.26. The van der Waals surface area contributed by atoms with Gasteiger partial charge in [0.15, 0.2) is 0 Å². The van der Waals surface area contributed by atoms with Crippen LogP contribution in [0.4, 0.5) is 0 Å². The van der Waals surface area contributed by atoms with Gasteiger partial charge in [-0.3, -0.25) is 9.48 Å². The van der Waals surface area contributed by atoms with Gasteiger partial charge in [0, 0.05) is 18.4 Å². The van der Waals surface area contributed by atoms with Crippen molar-refractivity contribution >= 4 is 5.97 Å². The monoisotopic (exact) mass is 211 g/mol. The van der Waals surface area contributed by atoms with E-state index in [4.69, 9.17) is 5.11 Å². The summed E-state index contributed by atoms with van der Waals surface area (Å²) in [4.78, 5) is 11.1. The number of rotatable bonds is 5. The molecule has 1 aromatic heterocycles. The van der Waals surface area contributed by atoms with Crippen molar-refractivity contribution in [3.8, 4) is 0 Å². The van der Waals surface area contributed by atoms with Crippen LogP contribution >= 0.6 is 0 Å². The molecule has 1 rings (SSSR count). The van der Waals surface area contributed by atoms with Crippen molar-refractivity contribution in [3.05, 3.63) is 18.5 Å². The molecule has 0 bridgehead atoms. The summed E-state index contributed by atoms with van der Waals surface area (Å²) < 4.78 is 1.65. The summed E-state index contributed by atoms with van der Waals surface area (Å²) in [5.41, 5.74) is 0. The smallest absolute Gasteiger partial charge is 0.322 e. The Hall–Kier alpha value is -1.36. The molecule has 5 nitrogen and oxygen atoms in total. The summed E-state index contributed by atoms with van der Waals surface area (Å²) in [6.45, 7) is 5.68. The van der Waals surface area contributed by atoms with Gasteiger partial charge < -0.3 is 10.4 Å². The fourth-order valence-electron chi connectivity index (χ4n) is 1.45. The Morgan fingerprint density at radius 1 is 1.47 bits per heavy atom. The maximum Gasteiger partial charge on any atom is 0.322 e. The molecular weight excluding hydrogens is 194 g/mol. The van der Waals surface area contributed by atoms with E-state index in [0.29, 0.717) is 0 Å². The fourth-order valence-corrected chi connectivity index (χ4v) is 1.45. The molecule has 2 unspecified atom stereocenters. The maximum atomic E-state index is 11.1. The molecule has 0 fully saturated rings. The summed E-state index contributed by atoms with van der Waals surface area (Å²) >= 11 is 0. The minimum Gasteiger partial charge on any atom is -0.480 e. The molecule has 2 atom stereocenters. The Kier molecular flexibility index (Phi) is 3.85. The molecule has 0 radical (unpaired) electrons. The van der Waals surface area contributed by atoms with E-state index in [1.807, 2.05) is 20.8 Å². The van der Waals surface area contributed by atoms with E-state index in [2.05, 4.69) is 10.4 Å². The Balaban J connectivity index is 2.76. The summed E-state index contributed by atoms with van der Waals surface area (Å²) in [7, 11) is 0. The average molecular weight is 211 g/mol. The second-order valence-electron chi connectivity index (χ2n) is 3.86. The molecule has 1 heterocycles. The predicted octanol–water partition coefficient (Wildman–Crippen LogP) is 0.895. The number of carbonyl (C=O) groups is 1. The van der Waals surface area contributed by atoms with Gasteiger partial charge in [0.05, 0.1) is 6.04 Å². The Morgan fingerprint density at radius 3 is 2.53 bits per heavy atom. The van der Waals surface area contributed by atoms with Gasteiger partial charge in [0.25, 0.3) is 0 Å². The van der Waals surface area contributed by atoms with Gasteiger partial charge in [-0.05, 0) is 13.0 Å². The Bertz CT molecular complexity index is 308. The third-order valence-electron chi connectivity index (χ3n) is 2.20. The number of nitrogens with zero attached hydrogens (tertiary/aromatic N) is 2. The summed E-state index contributed by atoms with van der Waals surface area (Å²) in [5.74, 6) is -0.855. The van der Waals surface area contributed by atoms with Crippen molar-refractivity contribution in [2.45, 2.75) is 38.9 Å². The first kappa shape index (κ1) is 11.7. The van der Waals surface area contributed by atoms with Crippen LogP contribution in [0.3, 0.4) is 0 Å². The van der Waals surface area contributed by atoms with Crippen LogP contribution < -0.4 is 5.32 Å². The number of hydrogen-bond acceptors (Lipinski definition) is 3. The van der Waals surface area contributed by atoms with Gasteiger partial charge in [-0.1, -0.05) is 13.8 Å². The first-order valence-electron chi connectivity index (χ1n) is 5.00. The van der Waals surface area contributed by atoms with Gasteiger partial charge in [-0.2, -0.15) is 5.10 Å². The van der Waals surface area contributed by atoms with Crippen LogP contribution in [-0.4, -0.2) is 32.9 Å². The number of aromatic nitrogens is 2. The van der Waals surface area contributed by atoms with Gasteiger partial charge in [-0.15, -0.1) is 0 Å². The number of aliphatic carboxylic acids is 1. The van der Waals surface area contributed by atoms with Gasteiger partial charge in [0.2, 0.25) is 0 Å². The van der Waals surface area contributed by atoms with Gasteiger partial charge in [-0.25, -0.2) is 0 Å². The van der Waals surface area contributed by atoms with E-state index in [1.54, 1.807) is 23.1 Å². The van der Waals surface area contributed by atoms with E-state index >= 15 is 0 Å². The zero-order valence-electron chi connectivity index (χ0n) is 9.21. The number of nitrogens with one attached hydrogen (secondary N) is 1. The molecule has 0 aliphatic carbocycles. The topological polar surface area (TPSA) is 67.2 Å². The van der Waals surface area contributed by atoms with Crippen LogP contribution in [0.2, 0.25) is 0 Å². The molecular formula is C10H17N3O2. The van der Waals surface area contributed by atoms with E-state index in [1.165, 1.54) is 0 Å². The molecule has 1 aromatic rings. The quantitative estimate of drug-likeness (QED) is 0.759. The molecule has 2 N–H and O–H groups in total. The summed E-state index contributed by atoms with van der Waals surface area (Å²) in [6.07, 6.45) is 3.41. The molecule has 0 spiro atoms. The van der Waals surface area contributed by atoms with Crippen molar-refractivity contribution in [3.63, 3.8) is 0 Å². The lowest BCUT2D eigenvalue weighted by Crippen LogP contribution is -2.46. The van der Waals surface area contributed by atoms with Crippen molar-refractivity contribution < 1.29 is 9.90 Å². The minimum absolute atomic E-state index is 0.129. The zero-order valence-corrected chi connectivity index (χ0v) is 9.21. The lowest BCUT2D eigenvalue weighted by molar-refractivity contribution is -0.140. The maximum absolute atomic E-state index is 11.1. The van der Waals surface area contributed by atoms with Gasteiger partial charge >= 0.3 is 5.97 Å². The third-order valence-corrected chi connectivity index (χ3v) is 2.20. The van der Waals surface area contributed by atoms with Crippen molar-refractivity contribution in [1.82, 2.24) is 15.1 Å². The number of carboxylic acid groups (broad SMARTS) is 1. The second kappa shape index (κ2) is 4.93. The van der Waals surface area contributed by atoms with E-state index < -0.39 is 12.0 Å². The largest absolute Gasteiger partial charge is 0.480 e. The number of hydrogen-bond donors (Lipinski definition) is 2. The molecule has 0 saturated carbocycles. The molecule has 5 heteroatoms. The standard InChI is InChI=1S/C10H17N3O2/c1-7(2)12-9(10(14)15)8(3)13-6-4-5-11-13/h4-9,12H,1-3H3,(H,14,15). The molecule has 0 saturated heterocycles. The number of carboxylic acids is 1. The van der Waals surface area contributed by atoms with E-state index in [9.17, 15) is 4.79 Å². The average Bonchev–Trinajstić information content (AvgIpc) is 2.65. The van der Waals surface area contributed by atoms with Crippen LogP contribution in [0, 0.1) is 0 Å². The van der Waals surface area contributed by atoms with Crippen LogP contribution in [0.15, 0.2) is 18.5 Å². The molecule has 15 heavy (non-hydrogen) atoms. The summed E-state index contributed by atoms with van der Waals surface area (Å²) in [5, 5.41) is 16.1. The predicted molar refractivity (Wildman–Crippen MR) is 56.6 cm³/mol. The molecule has 0 aromatic carbocycles. The highest BCUT2D eigenvalue weighted by Crippen LogP contribution is 2.10. The van der Waals surface area contributed by atoms with Crippen molar-refractivity contribution in [2.75, 3.05) is 0 Å². The highest BCUT2D eigenvalue weighted by atomic mass is 16.4. The SMILES string of the molecule is CC(C)NC(C(=O)O)C(C)n1cccn1. The van der Waals surface area contributed by atoms with Crippen LogP contribution in [0.25, 0.3) is 0 Å². The molecule has 84 valence electrons. The van der Waals surface area contributed by atoms with Gasteiger partial charge in [0.1, 0.15) is 6.04 Å². The molecule has 0 aliphatic heterocycles. The zero-order chi connectivity index (χ0) is 11.4. The van der Waals surface area contributed by atoms with Crippen molar-refractivity contribution in [2.24, 2.45) is 0 Å². The minimum atomic E-state index is -0.855. The van der Waals surface area contributed by atoms with Crippen LogP contribution in [0.1, 0.15) is 26.8 Å². The molecule has 0 amide bonds. The van der Waals surface area contributed by atoms with Crippen LogP contribution in [0.5, 0.6) is 0 Å². The second-order valence-corrected chi connectivity index (χ2v) is 3.86. The first-order chi connectivity index (χ1) is 7.02. The normalized spacial score (nSPS) is 15.2. The Morgan fingerprint density at radius 2 is 2.13 bits per heavy atom. The lowest BCUT2D eigenvalue weighted by atomic mass is 10.1. The Labute approximate surface area is 89.1 Å². The van der Waals surface area contributed by atoms with Crippen LogP contribution in [-0.2, 0) is 4.79 Å².